The normalized spacial score (nSPS) is 10.7. The molecule has 2 aromatic rings. The molecule has 6 heteroatoms. The number of thioether (sulfide) groups is 1. The van der Waals surface area contributed by atoms with Crippen LogP contribution in [0.2, 0.25) is 4.47 Å². The highest BCUT2D eigenvalue weighted by Crippen LogP contribution is 2.26. The first-order valence-electron chi connectivity index (χ1n) is 3.96. The number of aryl methyl sites for hydroxylation is 1. The number of aromatic nitrogens is 3. The maximum absolute atomic E-state index is 5.73. The molecule has 2 heterocycles. The molecule has 0 radical (unpaired) electrons. The largest absolute Gasteiger partial charge is 0.275 e. The molecule has 0 saturated carbocycles. The Bertz CT molecular complexity index is 383. The van der Waals surface area contributed by atoms with Crippen molar-refractivity contribution in [3.05, 3.63) is 27.9 Å². The Labute approximate surface area is 95.1 Å². The van der Waals surface area contributed by atoms with Gasteiger partial charge in [-0.05, 0) is 0 Å². The SMILES string of the molecule is Cn1cc(SCc2cnc(Cl)s2)cn1. The van der Waals surface area contributed by atoms with Gasteiger partial charge in [0.15, 0.2) is 4.47 Å². The van der Waals surface area contributed by atoms with Gasteiger partial charge in [-0.3, -0.25) is 4.68 Å². The van der Waals surface area contributed by atoms with Crippen molar-refractivity contribution >= 4 is 34.7 Å². The number of hydrogen-bond acceptors (Lipinski definition) is 4. The Morgan fingerprint density at radius 3 is 3.00 bits per heavy atom. The van der Waals surface area contributed by atoms with E-state index >= 15 is 0 Å². The molecule has 0 aromatic carbocycles. The van der Waals surface area contributed by atoms with E-state index in [0.29, 0.717) is 4.47 Å². The van der Waals surface area contributed by atoms with Crippen molar-refractivity contribution in [3.8, 4) is 0 Å². The zero-order chi connectivity index (χ0) is 9.97. The van der Waals surface area contributed by atoms with Crippen LogP contribution in [-0.2, 0) is 12.8 Å². The Morgan fingerprint density at radius 1 is 1.57 bits per heavy atom. The summed E-state index contributed by atoms with van der Waals surface area (Å²) in [4.78, 5) is 6.33. The molecule has 0 bridgehead atoms. The summed E-state index contributed by atoms with van der Waals surface area (Å²) >= 11 is 8.98. The summed E-state index contributed by atoms with van der Waals surface area (Å²) in [6, 6.07) is 0. The Hall–Kier alpha value is -0.520. The van der Waals surface area contributed by atoms with Crippen LogP contribution in [0, 0.1) is 0 Å². The number of thiazole rings is 1. The lowest BCUT2D eigenvalue weighted by molar-refractivity contribution is 0.766. The van der Waals surface area contributed by atoms with E-state index in [0.717, 1.165) is 10.6 Å². The topological polar surface area (TPSA) is 30.7 Å². The van der Waals surface area contributed by atoms with Crippen molar-refractivity contribution in [3.63, 3.8) is 0 Å². The fraction of sp³-hybridized carbons (Fsp3) is 0.250. The molecule has 2 aromatic heterocycles. The van der Waals surface area contributed by atoms with E-state index < -0.39 is 0 Å². The van der Waals surface area contributed by atoms with Gasteiger partial charge in [0, 0.05) is 35.0 Å². The van der Waals surface area contributed by atoms with E-state index in [1.165, 1.54) is 16.2 Å². The molecule has 0 aliphatic carbocycles. The van der Waals surface area contributed by atoms with E-state index in [2.05, 4.69) is 10.1 Å². The molecule has 0 atom stereocenters. The summed E-state index contributed by atoms with van der Waals surface area (Å²) in [7, 11) is 1.91. The van der Waals surface area contributed by atoms with Crippen molar-refractivity contribution < 1.29 is 0 Å². The second-order valence-corrected chi connectivity index (χ2v) is 5.46. The van der Waals surface area contributed by atoms with Gasteiger partial charge < -0.3 is 0 Å². The molecule has 0 N–H and O–H groups in total. The van der Waals surface area contributed by atoms with Crippen LogP contribution in [-0.4, -0.2) is 14.8 Å². The Kier molecular flexibility index (Phi) is 3.10. The van der Waals surface area contributed by atoms with Gasteiger partial charge in [-0.2, -0.15) is 5.10 Å². The van der Waals surface area contributed by atoms with Gasteiger partial charge in [0.25, 0.3) is 0 Å². The fourth-order valence-corrected chi connectivity index (χ4v) is 2.90. The van der Waals surface area contributed by atoms with Crippen LogP contribution in [0.25, 0.3) is 0 Å². The minimum atomic E-state index is 0.604. The van der Waals surface area contributed by atoms with Crippen molar-refractivity contribution in [2.45, 2.75) is 10.6 Å². The second-order valence-electron chi connectivity index (χ2n) is 2.72. The first-order chi connectivity index (χ1) is 6.74. The van der Waals surface area contributed by atoms with Crippen LogP contribution in [0.15, 0.2) is 23.5 Å². The molecule has 3 nitrogen and oxygen atoms in total. The van der Waals surface area contributed by atoms with E-state index in [4.69, 9.17) is 11.6 Å². The van der Waals surface area contributed by atoms with Crippen LogP contribution in [0.3, 0.4) is 0 Å². The summed E-state index contributed by atoms with van der Waals surface area (Å²) in [5.41, 5.74) is 0. The number of rotatable bonds is 3. The number of halogens is 1. The van der Waals surface area contributed by atoms with E-state index in [1.807, 2.05) is 25.6 Å². The summed E-state index contributed by atoms with van der Waals surface area (Å²) in [6.07, 6.45) is 5.66. The van der Waals surface area contributed by atoms with Gasteiger partial charge in [-0.1, -0.05) is 11.6 Å². The summed E-state index contributed by atoms with van der Waals surface area (Å²) in [5, 5.41) is 4.09. The van der Waals surface area contributed by atoms with Gasteiger partial charge in [-0.25, -0.2) is 4.98 Å². The third kappa shape index (κ3) is 2.50. The summed E-state index contributed by atoms with van der Waals surface area (Å²) in [5.74, 6) is 0.899. The molecule has 0 amide bonds. The molecule has 0 aliphatic rings. The standard InChI is InChI=1S/C8H8ClN3S2/c1-12-4-6(3-11-12)13-5-7-2-10-8(9)14-7/h2-4H,5H2,1H3. The lowest BCUT2D eigenvalue weighted by Crippen LogP contribution is -1.83. The first-order valence-corrected chi connectivity index (χ1v) is 6.14. The highest BCUT2D eigenvalue weighted by atomic mass is 35.5. The van der Waals surface area contributed by atoms with Gasteiger partial charge in [0.2, 0.25) is 0 Å². The predicted octanol–water partition coefficient (Wildman–Crippen LogP) is 2.82. The minimum Gasteiger partial charge on any atom is -0.275 e. The van der Waals surface area contributed by atoms with Crippen molar-refractivity contribution in [1.29, 1.82) is 0 Å². The fourth-order valence-electron chi connectivity index (χ4n) is 0.978. The molecule has 0 saturated heterocycles. The minimum absolute atomic E-state index is 0.604. The Morgan fingerprint density at radius 2 is 2.43 bits per heavy atom. The quantitative estimate of drug-likeness (QED) is 0.780. The molecule has 0 aliphatic heterocycles. The summed E-state index contributed by atoms with van der Waals surface area (Å²) < 4.78 is 2.40. The molecule has 0 unspecified atom stereocenters. The maximum atomic E-state index is 5.73. The smallest absolute Gasteiger partial charge is 0.183 e. The lowest BCUT2D eigenvalue weighted by atomic mass is 10.6. The molecular weight excluding hydrogens is 238 g/mol. The molecule has 0 spiro atoms. The second kappa shape index (κ2) is 4.33. The van der Waals surface area contributed by atoms with Crippen LogP contribution < -0.4 is 0 Å². The van der Waals surface area contributed by atoms with E-state index in [1.54, 1.807) is 16.4 Å². The van der Waals surface area contributed by atoms with Gasteiger partial charge >= 0.3 is 0 Å². The molecule has 74 valence electrons. The maximum Gasteiger partial charge on any atom is 0.183 e. The predicted molar refractivity (Wildman–Crippen MR) is 59.9 cm³/mol. The molecule has 14 heavy (non-hydrogen) atoms. The average molecular weight is 246 g/mol. The third-order valence-electron chi connectivity index (χ3n) is 1.59. The van der Waals surface area contributed by atoms with Gasteiger partial charge in [0.05, 0.1) is 6.20 Å². The van der Waals surface area contributed by atoms with E-state index in [-0.39, 0.29) is 0 Å². The van der Waals surface area contributed by atoms with Gasteiger partial charge in [0.1, 0.15) is 0 Å². The van der Waals surface area contributed by atoms with Crippen molar-refractivity contribution in [2.75, 3.05) is 0 Å². The molecule has 0 fully saturated rings. The highest BCUT2D eigenvalue weighted by molar-refractivity contribution is 7.98. The lowest BCUT2D eigenvalue weighted by Gasteiger charge is -1.92. The number of nitrogens with zero attached hydrogens (tertiary/aromatic N) is 3. The monoisotopic (exact) mass is 245 g/mol. The third-order valence-corrected chi connectivity index (χ3v) is 3.88. The molecular formula is C8H8ClN3S2. The number of hydrogen-bond donors (Lipinski definition) is 0. The zero-order valence-corrected chi connectivity index (χ0v) is 9.86. The first kappa shape index (κ1) is 10.0. The van der Waals surface area contributed by atoms with Crippen LogP contribution in [0.5, 0.6) is 0 Å². The van der Waals surface area contributed by atoms with Crippen LogP contribution in [0.4, 0.5) is 0 Å². The highest BCUT2D eigenvalue weighted by Gasteiger charge is 2.01. The Balaban J connectivity index is 1.94. The van der Waals surface area contributed by atoms with Crippen molar-refractivity contribution in [2.24, 2.45) is 7.05 Å². The summed E-state index contributed by atoms with van der Waals surface area (Å²) in [6.45, 7) is 0. The average Bonchev–Trinajstić information content (AvgIpc) is 2.72. The van der Waals surface area contributed by atoms with E-state index in [9.17, 15) is 0 Å². The molecule has 2 rings (SSSR count). The van der Waals surface area contributed by atoms with Gasteiger partial charge in [-0.15, -0.1) is 23.1 Å². The van der Waals surface area contributed by atoms with Crippen LogP contribution >= 0.6 is 34.7 Å². The zero-order valence-electron chi connectivity index (χ0n) is 7.48. The van der Waals surface area contributed by atoms with Crippen molar-refractivity contribution in [1.82, 2.24) is 14.8 Å². The van der Waals surface area contributed by atoms with Crippen LogP contribution in [0.1, 0.15) is 4.88 Å².